The third-order valence-electron chi connectivity index (χ3n) is 5.39. The largest absolute Gasteiger partial charge is 0.392 e. The number of imidazole rings is 1. The SMILES string of the molecule is N#Cc1ccc(-c2cnn(C[C@H]3C[C@@H]3C(F)(F)F)c2)c(-c2ccn3ccnc3c2)n1. The standard InChI is InChI=1S/C21H15F3N6/c22-21(23,24)18-7-14(18)11-30-12-15(10-27-30)17-2-1-16(9-25)28-20(17)13-3-5-29-6-4-26-19(29)8-13/h1-6,8,10,12,14,18H,7,11H2/t14-,18+/m1/s1. The highest BCUT2D eigenvalue weighted by atomic mass is 19.4. The summed E-state index contributed by atoms with van der Waals surface area (Å²) in [4.78, 5) is 8.75. The van der Waals surface area contributed by atoms with E-state index in [-0.39, 0.29) is 18.7 Å². The van der Waals surface area contributed by atoms with Gasteiger partial charge in [0.05, 0.1) is 17.8 Å². The van der Waals surface area contributed by atoms with Crippen molar-refractivity contribution >= 4 is 5.65 Å². The second-order valence-corrected chi connectivity index (χ2v) is 7.41. The van der Waals surface area contributed by atoms with Crippen LogP contribution in [0.25, 0.3) is 28.0 Å². The van der Waals surface area contributed by atoms with Crippen LogP contribution in [0.1, 0.15) is 12.1 Å². The summed E-state index contributed by atoms with van der Waals surface area (Å²) in [7, 11) is 0. The Labute approximate surface area is 169 Å². The molecule has 4 heterocycles. The Morgan fingerprint density at radius 2 is 2.03 bits per heavy atom. The summed E-state index contributed by atoms with van der Waals surface area (Å²) < 4.78 is 41.8. The summed E-state index contributed by atoms with van der Waals surface area (Å²) in [5.74, 6) is -1.67. The number of nitriles is 1. The lowest BCUT2D eigenvalue weighted by Gasteiger charge is -2.08. The molecule has 0 bridgehead atoms. The molecule has 0 aromatic carbocycles. The number of alkyl halides is 3. The van der Waals surface area contributed by atoms with Gasteiger partial charge in [-0.05, 0) is 36.6 Å². The zero-order valence-corrected chi connectivity index (χ0v) is 15.6. The highest BCUT2D eigenvalue weighted by Gasteiger charge is 2.55. The van der Waals surface area contributed by atoms with Gasteiger partial charge in [0.2, 0.25) is 0 Å². The highest BCUT2D eigenvalue weighted by Crippen LogP contribution is 2.50. The number of hydrogen-bond donors (Lipinski definition) is 0. The summed E-state index contributed by atoms with van der Waals surface area (Å²) in [6.07, 6.45) is 4.72. The highest BCUT2D eigenvalue weighted by molar-refractivity contribution is 5.81. The van der Waals surface area contributed by atoms with Crippen LogP contribution >= 0.6 is 0 Å². The van der Waals surface area contributed by atoms with Gasteiger partial charge in [0.15, 0.2) is 0 Å². The van der Waals surface area contributed by atoms with E-state index in [4.69, 9.17) is 0 Å². The van der Waals surface area contributed by atoms with Crippen molar-refractivity contribution in [3.8, 4) is 28.5 Å². The predicted molar refractivity (Wildman–Crippen MR) is 102 cm³/mol. The van der Waals surface area contributed by atoms with Gasteiger partial charge < -0.3 is 4.40 Å². The Morgan fingerprint density at radius 1 is 1.17 bits per heavy atom. The van der Waals surface area contributed by atoms with Crippen molar-refractivity contribution in [3.05, 3.63) is 60.9 Å². The maximum atomic E-state index is 12.8. The van der Waals surface area contributed by atoms with Crippen LogP contribution in [0.5, 0.6) is 0 Å². The summed E-state index contributed by atoms with van der Waals surface area (Å²) in [5.41, 5.74) is 3.88. The van der Waals surface area contributed by atoms with Gasteiger partial charge in [-0.1, -0.05) is 0 Å². The Balaban J connectivity index is 1.49. The average molecular weight is 408 g/mol. The molecule has 4 aromatic heterocycles. The second-order valence-electron chi connectivity index (χ2n) is 7.41. The number of pyridine rings is 2. The zero-order chi connectivity index (χ0) is 20.9. The molecule has 1 saturated carbocycles. The van der Waals surface area contributed by atoms with E-state index >= 15 is 0 Å². The van der Waals surface area contributed by atoms with Crippen molar-refractivity contribution in [3.63, 3.8) is 0 Å². The normalized spacial score (nSPS) is 18.5. The first-order chi connectivity index (χ1) is 14.4. The first-order valence-electron chi connectivity index (χ1n) is 9.36. The van der Waals surface area contributed by atoms with Crippen LogP contribution in [0.3, 0.4) is 0 Å². The van der Waals surface area contributed by atoms with Crippen LogP contribution in [0.15, 0.2) is 55.2 Å². The number of nitrogens with zero attached hydrogens (tertiary/aromatic N) is 6. The molecule has 2 atom stereocenters. The summed E-state index contributed by atoms with van der Waals surface area (Å²) >= 11 is 0. The van der Waals surface area contributed by atoms with Gasteiger partial charge in [-0.25, -0.2) is 9.97 Å². The molecular formula is C21H15F3N6. The maximum Gasteiger partial charge on any atom is 0.392 e. The van der Waals surface area contributed by atoms with E-state index in [1.807, 2.05) is 35.0 Å². The number of fused-ring (bicyclic) bond motifs is 1. The molecule has 1 fully saturated rings. The molecule has 30 heavy (non-hydrogen) atoms. The van der Waals surface area contributed by atoms with E-state index in [1.165, 1.54) is 0 Å². The second kappa shape index (κ2) is 6.69. The molecule has 0 radical (unpaired) electrons. The van der Waals surface area contributed by atoms with Crippen LogP contribution in [0.4, 0.5) is 13.2 Å². The van der Waals surface area contributed by atoms with Gasteiger partial charge in [0, 0.05) is 48.0 Å². The molecular weight excluding hydrogens is 393 g/mol. The summed E-state index contributed by atoms with van der Waals surface area (Å²) in [5, 5.41) is 13.5. The van der Waals surface area contributed by atoms with Crippen molar-refractivity contribution < 1.29 is 13.2 Å². The number of rotatable bonds is 4. The molecule has 0 amide bonds. The molecule has 150 valence electrons. The number of hydrogen-bond acceptors (Lipinski definition) is 4. The molecule has 1 aliphatic carbocycles. The predicted octanol–water partition coefficient (Wildman–Crippen LogP) is 4.33. The van der Waals surface area contributed by atoms with Crippen LogP contribution in [-0.2, 0) is 6.54 Å². The average Bonchev–Trinajstić information content (AvgIpc) is 3.13. The van der Waals surface area contributed by atoms with Crippen molar-refractivity contribution in [1.29, 1.82) is 5.26 Å². The Hall–Kier alpha value is -3.67. The minimum Gasteiger partial charge on any atom is -0.307 e. The first kappa shape index (κ1) is 18.4. The smallest absolute Gasteiger partial charge is 0.307 e. The topological polar surface area (TPSA) is 71.8 Å². The fraction of sp³-hybridized carbons (Fsp3) is 0.238. The molecule has 9 heteroatoms. The summed E-state index contributed by atoms with van der Waals surface area (Å²) in [6.45, 7) is 0.225. The summed E-state index contributed by atoms with van der Waals surface area (Å²) in [6, 6.07) is 9.20. The third kappa shape index (κ3) is 3.30. The van der Waals surface area contributed by atoms with E-state index in [9.17, 15) is 18.4 Å². The Morgan fingerprint density at radius 3 is 2.80 bits per heavy atom. The molecule has 0 N–H and O–H groups in total. The lowest BCUT2D eigenvalue weighted by Crippen LogP contribution is -2.14. The zero-order valence-electron chi connectivity index (χ0n) is 15.6. The minimum absolute atomic E-state index is 0.146. The fourth-order valence-corrected chi connectivity index (χ4v) is 3.72. The van der Waals surface area contributed by atoms with Crippen molar-refractivity contribution in [2.75, 3.05) is 0 Å². The molecule has 4 aromatic rings. The third-order valence-corrected chi connectivity index (χ3v) is 5.39. The van der Waals surface area contributed by atoms with E-state index in [2.05, 4.69) is 15.1 Å². The first-order valence-corrected chi connectivity index (χ1v) is 9.36. The van der Waals surface area contributed by atoms with Gasteiger partial charge in [-0.3, -0.25) is 4.68 Å². The van der Waals surface area contributed by atoms with Crippen molar-refractivity contribution in [2.24, 2.45) is 11.8 Å². The van der Waals surface area contributed by atoms with Gasteiger partial charge in [-0.2, -0.15) is 23.5 Å². The fourth-order valence-electron chi connectivity index (χ4n) is 3.72. The Bertz CT molecular complexity index is 1280. The minimum atomic E-state index is -4.14. The number of aromatic nitrogens is 5. The Kier molecular flexibility index (Phi) is 4.10. The molecule has 0 saturated heterocycles. The van der Waals surface area contributed by atoms with Gasteiger partial charge >= 0.3 is 6.18 Å². The monoisotopic (exact) mass is 408 g/mol. The van der Waals surface area contributed by atoms with Gasteiger partial charge in [-0.15, -0.1) is 0 Å². The van der Waals surface area contributed by atoms with Crippen LogP contribution in [-0.4, -0.2) is 30.3 Å². The lowest BCUT2D eigenvalue weighted by atomic mass is 10.0. The maximum absolute atomic E-state index is 12.8. The van der Waals surface area contributed by atoms with E-state index in [1.54, 1.807) is 35.4 Å². The molecule has 0 spiro atoms. The van der Waals surface area contributed by atoms with Crippen LogP contribution in [0.2, 0.25) is 0 Å². The molecule has 1 aliphatic rings. The van der Waals surface area contributed by atoms with E-state index in [0.29, 0.717) is 5.69 Å². The quantitative estimate of drug-likeness (QED) is 0.504. The lowest BCUT2D eigenvalue weighted by molar-refractivity contribution is -0.151. The molecule has 0 unspecified atom stereocenters. The molecule has 5 rings (SSSR count). The van der Waals surface area contributed by atoms with Gasteiger partial charge in [0.25, 0.3) is 0 Å². The van der Waals surface area contributed by atoms with E-state index in [0.717, 1.165) is 22.3 Å². The molecule has 0 aliphatic heterocycles. The van der Waals surface area contributed by atoms with E-state index < -0.39 is 18.0 Å². The number of halogens is 3. The molecule has 6 nitrogen and oxygen atoms in total. The van der Waals surface area contributed by atoms with Crippen LogP contribution < -0.4 is 0 Å². The van der Waals surface area contributed by atoms with Crippen LogP contribution in [0, 0.1) is 23.2 Å². The van der Waals surface area contributed by atoms with Crippen molar-refractivity contribution in [2.45, 2.75) is 19.1 Å². The van der Waals surface area contributed by atoms with Crippen molar-refractivity contribution in [1.82, 2.24) is 24.1 Å². The van der Waals surface area contributed by atoms with Gasteiger partial charge in [0.1, 0.15) is 17.4 Å².